The molecule has 2 aromatic carbocycles. The lowest BCUT2D eigenvalue weighted by Gasteiger charge is -2.10. The Bertz CT molecular complexity index is 1010. The summed E-state index contributed by atoms with van der Waals surface area (Å²) in [4.78, 5) is 14.6. The van der Waals surface area contributed by atoms with Crippen LogP contribution in [0.2, 0.25) is 0 Å². The predicted molar refractivity (Wildman–Crippen MR) is 99.8 cm³/mol. The van der Waals surface area contributed by atoms with Crippen LogP contribution in [0, 0.1) is 17.5 Å². The molecule has 1 heterocycles. The van der Waals surface area contributed by atoms with E-state index in [0.29, 0.717) is 22.2 Å². The summed E-state index contributed by atoms with van der Waals surface area (Å²) < 4.78 is 46.2. The molecule has 1 atom stereocenters. The van der Waals surface area contributed by atoms with Crippen LogP contribution in [0.5, 0.6) is 0 Å². The van der Waals surface area contributed by atoms with Gasteiger partial charge in [0.05, 0.1) is 24.8 Å². The van der Waals surface area contributed by atoms with Crippen molar-refractivity contribution in [2.75, 3.05) is 19.8 Å². The first kappa shape index (κ1) is 20.7. The van der Waals surface area contributed by atoms with Gasteiger partial charge < -0.3 is 25.3 Å². The number of aliphatic hydroxyl groups is 2. The molecule has 0 radical (unpaired) electrons. The average Bonchev–Trinajstić information content (AvgIpc) is 3.05. The lowest BCUT2D eigenvalue weighted by Crippen LogP contribution is -2.34. The SMILES string of the molecule is O=C(NC[C@@H](O)CO)OCCc1c(-c2ccc(F)cc2)[nH]c2c(F)cc(F)cc12. The monoisotopic (exact) mass is 408 g/mol. The molecular formula is C20H19F3N2O4. The number of fused-ring (bicyclic) bond motifs is 1. The number of aliphatic hydroxyl groups excluding tert-OH is 2. The summed E-state index contributed by atoms with van der Waals surface area (Å²) in [6.07, 6.45) is -1.78. The van der Waals surface area contributed by atoms with Crippen molar-refractivity contribution in [3.05, 3.63) is 59.4 Å². The molecule has 0 fully saturated rings. The van der Waals surface area contributed by atoms with Crippen LogP contribution in [0.1, 0.15) is 5.56 Å². The fourth-order valence-corrected chi connectivity index (χ4v) is 2.96. The number of aromatic nitrogens is 1. The van der Waals surface area contributed by atoms with E-state index in [1.54, 1.807) is 0 Å². The number of alkyl carbamates (subject to hydrolysis) is 1. The Hall–Kier alpha value is -3.04. The molecule has 0 bridgehead atoms. The minimum Gasteiger partial charge on any atom is -0.449 e. The van der Waals surface area contributed by atoms with Crippen molar-refractivity contribution in [3.8, 4) is 11.3 Å². The Morgan fingerprint density at radius 3 is 2.55 bits per heavy atom. The van der Waals surface area contributed by atoms with Gasteiger partial charge in [0.1, 0.15) is 17.5 Å². The Labute approximate surface area is 163 Å². The van der Waals surface area contributed by atoms with Crippen LogP contribution in [0.25, 0.3) is 22.2 Å². The molecule has 3 aromatic rings. The van der Waals surface area contributed by atoms with Gasteiger partial charge in [-0.1, -0.05) is 0 Å². The van der Waals surface area contributed by atoms with E-state index in [-0.39, 0.29) is 25.1 Å². The third kappa shape index (κ3) is 4.87. The summed E-state index contributed by atoms with van der Waals surface area (Å²) in [6, 6.07) is 7.43. The zero-order valence-electron chi connectivity index (χ0n) is 15.2. The third-order valence-electron chi connectivity index (χ3n) is 4.34. The number of ether oxygens (including phenoxy) is 1. The molecule has 154 valence electrons. The smallest absolute Gasteiger partial charge is 0.407 e. The second-order valence-corrected chi connectivity index (χ2v) is 6.40. The minimum atomic E-state index is -1.10. The van der Waals surface area contributed by atoms with Gasteiger partial charge in [0.25, 0.3) is 0 Å². The average molecular weight is 408 g/mol. The molecule has 0 aliphatic carbocycles. The Kier molecular flexibility index (Phi) is 6.40. The summed E-state index contributed by atoms with van der Waals surface area (Å²) in [5.74, 6) is -1.96. The highest BCUT2D eigenvalue weighted by molar-refractivity contribution is 5.91. The zero-order valence-corrected chi connectivity index (χ0v) is 15.2. The molecule has 29 heavy (non-hydrogen) atoms. The molecule has 0 unspecified atom stereocenters. The van der Waals surface area contributed by atoms with Crippen molar-refractivity contribution in [3.63, 3.8) is 0 Å². The van der Waals surface area contributed by atoms with Crippen molar-refractivity contribution < 1.29 is 32.9 Å². The highest BCUT2D eigenvalue weighted by Gasteiger charge is 2.18. The topological polar surface area (TPSA) is 94.6 Å². The number of nitrogens with one attached hydrogen (secondary N) is 2. The normalized spacial score (nSPS) is 12.2. The predicted octanol–water partition coefficient (Wildman–Crippen LogP) is 2.87. The molecule has 0 saturated heterocycles. The first-order chi connectivity index (χ1) is 13.9. The Morgan fingerprint density at radius 1 is 1.14 bits per heavy atom. The molecule has 3 rings (SSSR count). The first-order valence-electron chi connectivity index (χ1n) is 8.84. The van der Waals surface area contributed by atoms with Crippen molar-refractivity contribution in [1.29, 1.82) is 0 Å². The van der Waals surface area contributed by atoms with Gasteiger partial charge in [0.2, 0.25) is 0 Å². The number of benzene rings is 2. The van der Waals surface area contributed by atoms with E-state index in [1.807, 2.05) is 0 Å². The highest BCUT2D eigenvalue weighted by Crippen LogP contribution is 2.32. The first-order valence-corrected chi connectivity index (χ1v) is 8.84. The minimum absolute atomic E-state index is 0.0937. The van der Waals surface area contributed by atoms with E-state index in [2.05, 4.69) is 10.3 Å². The molecule has 0 aliphatic heterocycles. The van der Waals surface area contributed by atoms with Gasteiger partial charge in [-0.2, -0.15) is 0 Å². The molecule has 9 heteroatoms. The second kappa shape index (κ2) is 8.97. The maximum Gasteiger partial charge on any atom is 0.407 e. The van der Waals surface area contributed by atoms with Crippen LogP contribution in [-0.2, 0) is 11.2 Å². The van der Waals surface area contributed by atoms with E-state index >= 15 is 0 Å². The number of hydrogen-bond donors (Lipinski definition) is 4. The molecule has 0 saturated carbocycles. The molecule has 4 N–H and O–H groups in total. The molecule has 0 aliphatic rings. The van der Waals surface area contributed by atoms with Crippen molar-refractivity contribution in [2.24, 2.45) is 0 Å². The standard InChI is InChI=1S/C20H19F3N2O4/c21-12-3-1-11(2-4-12)18-15(5-6-29-20(28)24-9-14(27)10-26)16-7-13(22)8-17(23)19(16)25-18/h1-4,7-8,14,25-27H,5-6,9-10H2,(H,24,28)/t14-/m1/s1. The molecule has 6 nitrogen and oxygen atoms in total. The van der Waals surface area contributed by atoms with Gasteiger partial charge >= 0.3 is 6.09 Å². The third-order valence-corrected chi connectivity index (χ3v) is 4.34. The van der Waals surface area contributed by atoms with Crippen LogP contribution < -0.4 is 5.32 Å². The van der Waals surface area contributed by atoms with Gasteiger partial charge in [-0.25, -0.2) is 18.0 Å². The summed E-state index contributed by atoms with van der Waals surface area (Å²) >= 11 is 0. The maximum atomic E-state index is 14.2. The maximum absolute atomic E-state index is 14.2. The van der Waals surface area contributed by atoms with Gasteiger partial charge in [-0.15, -0.1) is 0 Å². The van der Waals surface area contributed by atoms with Crippen LogP contribution in [0.3, 0.4) is 0 Å². The quantitative estimate of drug-likeness (QED) is 0.484. The largest absolute Gasteiger partial charge is 0.449 e. The Balaban J connectivity index is 1.84. The van der Waals surface area contributed by atoms with E-state index in [9.17, 15) is 23.1 Å². The number of hydrogen-bond acceptors (Lipinski definition) is 4. The molecule has 1 aromatic heterocycles. The second-order valence-electron chi connectivity index (χ2n) is 6.40. The Morgan fingerprint density at radius 2 is 1.86 bits per heavy atom. The number of aromatic amines is 1. The zero-order chi connectivity index (χ0) is 21.0. The number of amides is 1. The number of rotatable bonds is 7. The van der Waals surface area contributed by atoms with E-state index in [1.165, 1.54) is 30.3 Å². The van der Waals surface area contributed by atoms with Crippen LogP contribution in [0.15, 0.2) is 36.4 Å². The number of carbonyl (C=O) groups excluding carboxylic acids is 1. The summed E-state index contributed by atoms with van der Waals surface area (Å²) in [6.45, 7) is -0.798. The van der Waals surface area contributed by atoms with Gasteiger partial charge in [0, 0.05) is 30.1 Å². The van der Waals surface area contributed by atoms with Crippen LogP contribution >= 0.6 is 0 Å². The lowest BCUT2D eigenvalue weighted by molar-refractivity contribution is 0.0888. The summed E-state index contributed by atoms with van der Waals surface area (Å²) in [7, 11) is 0. The van der Waals surface area contributed by atoms with Crippen LogP contribution in [-0.4, -0.2) is 47.2 Å². The summed E-state index contributed by atoms with van der Waals surface area (Å²) in [5, 5.41) is 20.5. The van der Waals surface area contributed by atoms with E-state index in [0.717, 1.165) is 6.07 Å². The number of halogens is 3. The fourth-order valence-electron chi connectivity index (χ4n) is 2.96. The van der Waals surface area contributed by atoms with Gasteiger partial charge in [-0.3, -0.25) is 0 Å². The van der Waals surface area contributed by atoms with Crippen molar-refractivity contribution in [2.45, 2.75) is 12.5 Å². The molecule has 1 amide bonds. The van der Waals surface area contributed by atoms with Gasteiger partial charge in [-0.05, 0) is 41.5 Å². The molecular weight excluding hydrogens is 389 g/mol. The van der Waals surface area contributed by atoms with E-state index < -0.39 is 36.3 Å². The molecule has 0 spiro atoms. The number of H-pyrrole nitrogens is 1. The van der Waals surface area contributed by atoms with E-state index in [4.69, 9.17) is 9.84 Å². The van der Waals surface area contributed by atoms with Gasteiger partial charge in [0.15, 0.2) is 0 Å². The summed E-state index contributed by atoms with van der Waals surface area (Å²) in [5.41, 5.74) is 1.63. The van der Waals surface area contributed by atoms with Crippen molar-refractivity contribution in [1.82, 2.24) is 10.3 Å². The highest BCUT2D eigenvalue weighted by atomic mass is 19.1. The van der Waals surface area contributed by atoms with Crippen molar-refractivity contribution >= 4 is 17.0 Å². The van der Waals surface area contributed by atoms with Crippen LogP contribution in [0.4, 0.5) is 18.0 Å². The number of carbonyl (C=O) groups is 1. The lowest BCUT2D eigenvalue weighted by atomic mass is 10.0. The fraction of sp³-hybridized carbons (Fsp3) is 0.250.